The molecule has 23 heavy (non-hydrogen) atoms. The van der Waals surface area contributed by atoms with Gasteiger partial charge >= 0.3 is 13.1 Å². The predicted molar refractivity (Wildman–Crippen MR) is 81.8 cm³/mol. The van der Waals surface area contributed by atoms with Gasteiger partial charge in [-0.25, -0.2) is 4.79 Å². The number of ketones is 1. The van der Waals surface area contributed by atoms with Crippen LogP contribution in [0.4, 0.5) is 0 Å². The Morgan fingerprint density at radius 1 is 1.39 bits per heavy atom. The van der Waals surface area contributed by atoms with Crippen LogP contribution in [0.25, 0.3) is 0 Å². The zero-order valence-electron chi connectivity index (χ0n) is 12.9. The second-order valence-electron chi connectivity index (χ2n) is 5.36. The van der Waals surface area contributed by atoms with E-state index in [1.165, 1.54) is 6.07 Å². The Kier molecular flexibility index (Phi) is 6.15. The maximum atomic E-state index is 11.9. The molecule has 0 aliphatic carbocycles. The van der Waals surface area contributed by atoms with Crippen molar-refractivity contribution in [3.8, 4) is 5.75 Å². The maximum absolute atomic E-state index is 11.9. The molecule has 1 aliphatic heterocycles. The highest BCUT2D eigenvalue weighted by atomic mass is 16.5. The van der Waals surface area contributed by atoms with Crippen molar-refractivity contribution in [2.75, 3.05) is 26.9 Å². The van der Waals surface area contributed by atoms with Crippen LogP contribution in [-0.2, 0) is 20.7 Å². The minimum atomic E-state index is -1.22. The van der Waals surface area contributed by atoms with Crippen LogP contribution in [0, 0.1) is 0 Å². The fraction of sp³-hybridized carbons (Fsp3) is 0.467. The zero-order valence-corrected chi connectivity index (χ0v) is 12.9. The molecule has 0 unspecified atom stereocenters. The molecule has 0 bridgehead atoms. The Hall–Kier alpha value is -1.90. The Labute approximate surface area is 134 Å². The molecule has 8 heteroatoms. The lowest BCUT2D eigenvalue weighted by atomic mass is 9.64. The lowest BCUT2D eigenvalue weighted by Gasteiger charge is -2.27. The normalized spacial score (nSPS) is 16.6. The Morgan fingerprint density at radius 2 is 2.17 bits per heavy atom. The summed E-state index contributed by atoms with van der Waals surface area (Å²) in [5, 5.41) is 19.2. The van der Waals surface area contributed by atoms with Gasteiger partial charge in [0.15, 0.2) is 5.78 Å². The van der Waals surface area contributed by atoms with E-state index in [1.807, 2.05) is 0 Å². The monoisotopic (exact) mass is 322 g/mol. The fourth-order valence-corrected chi connectivity index (χ4v) is 2.51. The quantitative estimate of drug-likeness (QED) is 0.539. The molecule has 1 aliphatic rings. The minimum Gasteiger partial charge on any atom is -0.535 e. The molecule has 0 saturated heterocycles. The average Bonchev–Trinajstić information content (AvgIpc) is 2.51. The van der Waals surface area contributed by atoms with Crippen LogP contribution in [0.1, 0.15) is 22.3 Å². The third kappa shape index (κ3) is 4.54. The van der Waals surface area contributed by atoms with Crippen molar-refractivity contribution in [2.45, 2.75) is 18.7 Å². The number of carbonyl (C=O) groups is 2. The summed E-state index contributed by atoms with van der Waals surface area (Å²) >= 11 is 0. The number of rotatable bonds is 8. The van der Waals surface area contributed by atoms with Crippen molar-refractivity contribution < 1.29 is 33.8 Å². The SMILES string of the molecule is COCCOCC(=O)C[C@H]1Cc2cccc(C(=O)O)c2OB1O. The number of aromatic carboxylic acids is 1. The molecule has 1 aromatic rings. The van der Waals surface area contributed by atoms with E-state index >= 15 is 0 Å². The number of carboxylic acid groups (broad SMARTS) is 1. The molecule has 0 saturated carbocycles. The van der Waals surface area contributed by atoms with Gasteiger partial charge in [0.25, 0.3) is 0 Å². The van der Waals surface area contributed by atoms with E-state index in [0.717, 1.165) is 0 Å². The summed E-state index contributed by atoms with van der Waals surface area (Å²) in [4.78, 5) is 23.0. The summed E-state index contributed by atoms with van der Waals surface area (Å²) in [6.07, 6.45) is 0.478. The number of ether oxygens (including phenoxy) is 2. The molecule has 0 spiro atoms. The van der Waals surface area contributed by atoms with Gasteiger partial charge < -0.3 is 24.3 Å². The largest absolute Gasteiger partial charge is 0.535 e. The molecule has 1 atom stereocenters. The Balaban J connectivity index is 1.97. The predicted octanol–water partition coefficient (Wildman–Crippen LogP) is 0.793. The van der Waals surface area contributed by atoms with Crippen LogP contribution < -0.4 is 4.65 Å². The smallest absolute Gasteiger partial charge is 0.526 e. The van der Waals surface area contributed by atoms with Gasteiger partial charge in [0, 0.05) is 19.3 Å². The van der Waals surface area contributed by atoms with E-state index in [0.29, 0.717) is 25.2 Å². The fourth-order valence-electron chi connectivity index (χ4n) is 2.51. The second-order valence-corrected chi connectivity index (χ2v) is 5.36. The standard InChI is InChI=1S/C15H19BO7/c1-21-5-6-22-9-12(17)8-11-7-10-3-2-4-13(15(18)19)14(10)23-16(11)20/h2-4,11,20H,5-9H2,1H3,(H,18,19)/t11-/m1/s1. The summed E-state index contributed by atoms with van der Waals surface area (Å²) in [5.41, 5.74) is 0.683. The molecule has 0 amide bonds. The summed E-state index contributed by atoms with van der Waals surface area (Å²) < 4.78 is 15.3. The number of carbonyl (C=O) groups excluding carboxylic acids is 1. The maximum Gasteiger partial charge on any atom is 0.526 e. The summed E-state index contributed by atoms with van der Waals surface area (Å²) in [5.74, 6) is -1.51. The van der Waals surface area contributed by atoms with E-state index in [4.69, 9.17) is 19.2 Å². The molecular weight excluding hydrogens is 303 g/mol. The van der Waals surface area contributed by atoms with Gasteiger partial charge in [-0.05, 0) is 18.1 Å². The van der Waals surface area contributed by atoms with Crippen molar-refractivity contribution >= 4 is 18.9 Å². The first kappa shape index (κ1) is 17.5. The third-order valence-corrected chi connectivity index (χ3v) is 3.64. The van der Waals surface area contributed by atoms with Crippen LogP contribution >= 0.6 is 0 Å². The average molecular weight is 322 g/mol. The van der Waals surface area contributed by atoms with Crippen molar-refractivity contribution in [1.82, 2.24) is 0 Å². The van der Waals surface area contributed by atoms with Crippen molar-refractivity contribution in [2.24, 2.45) is 0 Å². The molecule has 1 heterocycles. The molecule has 0 radical (unpaired) electrons. The van der Waals surface area contributed by atoms with Crippen molar-refractivity contribution in [3.63, 3.8) is 0 Å². The third-order valence-electron chi connectivity index (χ3n) is 3.64. The van der Waals surface area contributed by atoms with Crippen molar-refractivity contribution in [1.29, 1.82) is 0 Å². The molecular formula is C15H19BO7. The lowest BCUT2D eigenvalue weighted by molar-refractivity contribution is -0.124. The van der Waals surface area contributed by atoms with Crippen LogP contribution in [0.5, 0.6) is 5.75 Å². The first-order valence-corrected chi connectivity index (χ1v) is 7.31. The van der Waals surface area contributed by atoms with Gasteiger partial charge in [-0.15, -0.1) is 0 Å². The van der Waals surface area contributed by atoms with Crippen LogP contribution in [-0.4, -0.2) is 55.9 Å². The highest BCUT2D eigenvalue weighted by Gasteiger charge is 2.37. The number of para-hydroxylation sites is 1. The minimum absolute atomic E-state index is 0.00854. The second kappa shape index (κ2) is 8.10. The number of hydrogen-bond donors (Lipinski definition) is 2. The number of fused-ring (bicyclic) bond motifs is 1. The first-order valence-electron chi connectivity index (χ1n) is 7.31. The molecule has 2 rings (SSSR count). The number of benzene rings is 1. The number of hydrogen-bond acceptors (Lipinski definition) is 6. The van der Waals surface area contributed by atoms with E-state index in [9.17, 15) is 14.6 Å². The van der Waals surface area contributed by atoms with Crippen LogP contribution in [0.3, 0.4) is 0 Å². The first-order chi connectivity index (χ1) is 11.0. The molecule has 7 nitrogen and oxygen atoms in total. The van der Waals surface area contributed by atoms with Crippen LogP contribution in [0.2, 0.25) is 5.82 Å². The highest BCUT2D eigenvalue weighted by molar-refractivity contribution is 6.47. The van der Waals surface area contributed by atoms with Crippen molar-refractivity contribution in [3.05, 3.63) is 29.3 Å². The van der Waals surface area contributed by atoms with E-state index in [2.05, 4.69) is 0 Å². The summed E-state index contributed by atoms with van der Waals surface area (Å²) in [7, 11) is 0.329. The van der Waals surface area contributed by atoms with Gasteiger partial charge in [-0.3, -0.25) is 4.79 Å². The molecule has 0 fully saturated rings. The van der Waals surface area contributed by atoms with E-state index in [-0.39, 0.29) is 30.1 Å². The number of carboxylic acids is 1. The van der Waals surface area contributed by atoms with Gasteiger partial charge in [0.2, 0.25) is 0 Å². The summed E-state index contributed by atoms with van der Waals surface area (Å²) in [6.45, 7) is 0.694. The van der Waals surface area contributed by atoms with E-state index in [1.54, 1.807) is 19.2 Å². The highest BCUT2D eigenvalue weighted by Crippen LogP contribution is 2.36. The topological polar surface area (TPSA) is 102 Å². The Bertz CT molecular complexity index is 575. The number of Topliss-reactive ketones (excluding diaryl/α,β-unsaturated/α-hetero) is 1. The van der Waals surface area contributed by atoms with Gasteiger partial charge in [0.1, 0.15) is 12.4 Å². The van der Waals surface area contributed by atoms with Gasteiger partial charge in [0.05, 0.1) is 18.8 Å². The Morgan fingerprint density at radius 3 is 2.87 bits per heavy atom. The molecule has 0 aromatic heterocycles. The molecule has 124 valence electrons. The zero-order chi connectivity index (χ0) is 16.8. The van der Waals surface area contributed by atoms with Gasteiger partial charge in [-0.1, -0.05) is 12.1 Å². The molecule has 2 N–H and O–H groups in total. The summed E-state index contributed by atoms with van der Waals surface area (Å²) in [6, 6.07) is 4.78. The lowest BCUT2D eigenvalue weighted by Crippen LogP contribution is -2.36. The van der Waals surface area contributed by atoms with Crippen LogP contribution in [0.15, 0.2) is 18.2 Å². The van der Waals surface area contributed by atoms with E-state index < -0.39 is 18.9 Å². The number of methoxy groups -OCH3 is 1. The van der Waals surface area contributed by atoms with Gasteiger partial charge in [-0.2, -0.15) is 0 Å². The molecule has 1 aromatic carbocycles.